The van der Waals surface area contributed by atoms with E-state index in [1.54, 1.807) is 0 Å². The predicted molar refractivity (Wildman–Crippen MR) is 177 cm³/mol. The first kappa shape index (κ1) is 23.4. The van der Waals surface area contributed by atoms with Crippen molar-refractivity contribution < 1.29 is 36.1 Å². The summed E-state index contributed by atoms with van der Waals surface area (Å²) in [7, 11) is 0. The van der Waals surface area contributed by atoms with Gasteiger partial charge < -0.3 is 14.4 Å². The lowest BCUT2D eigenvalue weighted by atomic mass is 10.0. The number of benzene rings is 3. The Balaban J connectivity index is 1.62. The summed E-state index contributed by atoms with van der Waals surface area (Å²) in [5, 5.41) is -0.274. The van der Waals surface area contributed by atoms with Crippen LogP contribution in [-0.4, -0.2) is 51.2 Å². The summed E-state index contributed by atoms with van der Waals surface area (Å²) in [6.45, 7) is -15.7. The molecule has 0 unspecified atom stereocenters. The maximum absolute atomic E-state index is 14.8. The molecule has 4 aromatic rings. The van der Waals surface area contributed by atoms with Crippen LogP contribution in [0.25, 0.3) is 11.1 Å². The quantitative estimate of drug-likeness (QED) is 0.0851. The molecule has 1 aromatic heterocycles. The Bertz CT molecular complexity index is 2150. The number of rotatable bonds is 13. The van der Waals surface area contributed by atoms with E-state index in [-0.39, 0.29) is 50.4 Å². The Kier molecular flexibility index (Phi) is 7.61. The second-order valence-electron chi connectivity index (χ2n) is 10.5. The lowest BCUT2D eigenvalue weighted by Gasteiger charge is -2.28. The van der Waals surface area contributed by atoms with Crippen LogP contribution in [0.1, 0.15) is 61.9 Å². The number of carbonyl (C=O) groups excluding carboxylic acids is 1. The Hall–Kier alpha value is -3.96. The summed E-state index contributed by atoms with van der Waals surface area (Å²) in [6.07, 6.45) is -3.83. The van der Waals surface area contributed by atoms with Gasteiger partial charge in [-0.3, -0.25) is 9.59 Å². The van der Waals surface area contributed by atoms with Gasteiger partial charge in [0.1, 0.15) is 12.3 Å². The molecule has 3 aromatic carbocycles. The van der Waals surface area contributed by atoms with Crippen LogP contribution >= 0.6 is 11.8 Å². The molecule has 1 heterocycles. The third-order valence-corrected chi connectivity index (χ3v) is 8.43. The number of carbonyl (C=O) groups is 1. The zero-order valence-electron chi connectivity index (χ0n) is 35.5. The number of aromatic nitrogens is 2. The van der Waals surface area contributed by atoms with Crippen molar-refractivity contribution in [2.75, 3.05) is 26.0 Å². The van der Waals surface area contributed by atoms with Crippen LogP contribution in [0.5, 0.6) is 0 Å². The first-order valence-corrected chi connectivity index (χ1v) is 15.6. The number of amides is 1. The molecule has 0 atom stereocenters. The van der Waals surface area contributed by atoms with Crippen molar-refractivity contribution in [1.29, 1.82) is 0 Å². The summed E-state index contributed by atoms with van der Waals surface area (Å²) in [5.41, 5.74) is 0.152. The third-order valence-electron chi connectivity index (χ3n) is 7.42. The number of fused-ring (bicyclic) bond motifs is 1. The molecule has 248 valence electrons. The molecule has 0 fully saturated rings. The molecule has 5 rings (SSSR count). The average molecular weight is 677 g/mol. The topological polar surface area (TPSA) is 58.4 Å². The highest BCUT2D eigenvalue weighted by Gasteiger charge is 2.30. The fourth-order valence-corrected chi connectivity index (χ4v) is 5.87. The predicted octanol–water partition coefficient (Wildman–Crippen LogP) is 7.22. The molecule has 0 saturated heterocycles. The zero-order valence-corrected chi connectivity index (χ0v) is 26.3. The fraction of sp³-hybridized carbons (Fsp3) is 0.361. The maximum Gasteiger partial charge on any atom is 0.416 e. The lowest BCUT2D eigenvalue weighted by molar-refractivity contribution is -0.137. The number of alkyl halides is 3. The van der Waals surface area contributed by atoms with Crippen LogP contribution in [0.3, 0.4) is 0 Å². The van der Waals surface area contributed by atoms with Gasteiger partial charge in [0.15, 0.2) is 5.16 Å². The Morgan fingerprint density at radius 2 is 1.53 bits per heavy atom. The first-order valence-electron chi connectivity index (χ1n) is 19.6. The van der Waals surface area contributed by atoms with E-state index in [9.17, 15) is 29.9 Å². The van der Waals surface area contributed by atoms with E-state index in [0.29, 0.717) is 23.1 Å². The SMILES string of the molecule is [2H]C([2H])(C)N(C([2H])([2H])C)C([2H])([2H])C([2H])([2H])N(Cc1ccc(-c2ccc(C(F)(F)F)cc2)cc1)C(=O)C([2H])([2H])n1c(SCc2ccc(F)cc2)nc(=O)c2c1CCC2. The summed E-state index contributed by atoms with van der Waals surface area (Å²) in [4.78, 5) is 32.2. The minimum atomic E-state index is -4.56. The highest BCUT2D eigenvalue weighted by atomic mass is 32.2. The van der Waals surface area contributed by atoms with Gasteiger partial charge in [0.2, 0.25) is 5.91 Å². The molecule has 0 saturated carbocycles. The monoisotopic (exact) mass is 676 g/mol. The minimum absolute atomic E-state index is 0.0286. The molecule has 6 nitrogen and oxygen atoms in total. The van der Waals surface area contributed by atoms with E-state index in [4.69, 9.17) is 11.0 Å². The molecule has 0 bridgehead atoms. The van der Waals surface area contributed by atoms with Gasteiger partial charge in [-0.25, -0.2) is 4.39 Å². The van der Waals surface area contributed by atoms with Gasteiger partial charge in [-0.15, -0.1) is 0 Å². The number of nitrogens with zero attached hydrogens (tertiary/aromatic N) is 4. The van der Waals surface area contributed by atoms with Crippen LogP contribution in [0.2, 0.25) is 0 Å². The summed E-state index contributed by atoms with van der Waals surface area (Å²) < 4.78 is 142. The van der Waals surface area contributed by atoms with Gasteiger partial charge in [-0.05, 0) is 78.8 Å². The third kappa shape index (κ3) is 8.70. The molecule has 1 aliphatic carbocycles. The van der Waals surface area contributed by atoms with E-state index >= 15 is 0 Å². The number of likely N-dealkylation sites (N-methyl/N-ethyl adjacent to an activating group) is 1. The van der Waals surface area contributed by atoms with Gasteiger partial charge in [-0.1, -0.05) is 74.1 Å². The van der Waals surface area contributed by atoms with Crippen LogP contribution in [0, 0.1) is 5.82 Å². The van der Waals surface area contributed by atoms with E-state index in [2.05, 4.69) is 4.98 Å². The van der Waals surface area contributed by atoms with Crippen LogP contribution in [0.15, 0.2) is 82.7 Å². The van der Waals surface area contributed by atoms with E-state index in [0.717, 1.165) is 42.3 Å². The van der Waals surface area contributed by atoms with Crippen molar-refractivity contribution in [3.8, 4) is 11.1 Å². The Morgan fingerprint density at radius 3 is 2.15 bits per heavy atom. The summed E-state index contributed by atoms with van der Waals surface area (Å²) in [5.74, 6) is -2.15. The zero-order chi connectivity index (χ0) is 42.5. The second-order valence-corrected chi connectivity index (χ2v) is 11.5. The molecule has 0 aliphatic heterocycles. The number of halogens is 4. The average Bonchev–Trinajstić information content (AvgIpc) is 3.59. The van der Waals surface area contributed by atoms with Gasteiger partial charge >= 0.3 is 6.18 Å². The summed E-state index contributed by atoms with van der Waals surface area (Å²) >= 11 is 0.854. The smallest absolute Gasteiger partial charge is 0.336 e. The number of hydrogen-bond donors (Lipinski definition) is 0. The molecule has 0 radical (unpaired) electrons. The molecule has 0 spiro atoms. The Morgan fingerprint density at radius 1 is 0.915 bits per heavy atom. The fourth-order valence-electron chi connectivity index (χ4n) is 4.95. The van der Waals surface area contributed by atoms with Crippen molar-refractivity contribution in [2.45, 2.75) is 63.2 Å². The normalized spacial score (nSPS) is 17.5. The summed E-state index contributed by atoms with van der Waals surface area (Å²) in [6, 6.07) is 15.2. The highest BCUT2D eigenvalue weighted by Crippen LogP contribution is 2.31. The standard InChI is InChI=1S/C36H38F4N4O2S/c1-3-42(4-2)20-21-43(22-25-8-12-27(13-9-25)28-14-16-29(17-15-28)36(38,39)40)33(45)23-44-32-7-5-6-31(32)34(46)41-35(44)47-24-26-10-18-30(37)19-11-26/h8-19H,3-7,20-24H2,1-2H3/i3D2,4D2,20D2,21D2,23D2. The number of hydrogen-bond acceptors (Lipinski definition) is 5. The largest absolute Gasteiger partial charge is 0.416 e. The highest BCUT2D eigenvalue weighted by molar-refractivity contribution is 7.98. The van der Waals surface area contributed by atoms with Crippen molar-refractivity contribution in [1.82, 2.24) is 19.4 Å². The van der Waals surface area contributed by atoms with Gasteiger partial charge in [0.25, 0.3) is 5.56 Å². The van der Waals surface area contributed by atoms with Crippen LogP contribution in [0.4, 0.5) is 17.6 Å². The molecule has 11 heteroatoms. The molecular weight excluding hydrogens is 628 g/mol. The van der Waals surface area contributed by atoms with Crippen LogP contribution in [-0.2, 0) is 42.6 Å². The Labute approximate surface area is 290 Å². The van der Waals surface area contributed by atoms with Crippen molar-refractivity contribution in [2.24, 2.45) is 0 Å². The van der Waals surface area contributed by atoms with Crippen LogP contribution < -0.4 is 5.56 Å². The second kappa shape index (κ2) is 15.3. The molecule has 1 amide bonds. The molecule has 1 aliphatic rings. The van der Waals surface area contributed by atoms with Crippen molar-refractivity contribution in [3.05, 3.63) is 117 Å². The molecule has 47 heavy (non-hydrogen) atoms. The van der Waals surface area contributed by atoms with Gasteiger partial charge in [0.05, 0.1) is 11.0 Å². The number of thioether (sulfide) groups is 1. The molecular formula is C36H38F4N4O2S. The van der Waals surface area contributed by atoms with Gasteiger partial charge in [-0.2, -0.15) is 18.2 Å². The van der Waals surface area contributed by atoms with E-state index in [1.165, 1.54) is 60.7 Å². The molecule has 0 N–H and O–H groups in total. The first-order chi connectivity index (χ1) is 26.2. The maximum atomic E-state index is 14.8. The van der Waals surface area contributed by atoms with E-state index in [1.807, 2.05) is 0 Å². The van der Waals surface area contributed by atoms with Gasteiger partial charge in [0, 0.05) is 44.8 Å². The van der Waals surface area contributed by atoms with Crippen molar-refractivity contribution >= 4 is 17.7 Å². The minimum Gasteiger partial charge on any atom is -0.336 e. The lowest BCUT2D eigenvalue weighted by Crippen LogP contribution is -2.40. The van der Waals surface area contributed by atoms with E-state index < -0.39 is 68.1 Å². The van der Waals surface area contributed by atoms with Crippen molar-refractivity contribution in [3.63, 3.8) is 0 Å².